The van der Waals surface area contributed by atoms with Crippen LogP contribution in [0.2, 0.25) is 0 Å². The van der Waals surface area contributed by atoms with Gasteiger partial charge >= 0.3 is 0 Å². The first-order valence-electron chi connectivity index (χ1n) is 7.26. The van der Waals surface area contributed by atoms with Crippen LogP contribution in [0.15, 0.2) is 30.3 Å². The van der Waals surface area contributed by atoms with E-state index >= 15 is 0 Å². The maximum absolute atomic E-state index is 9.40. The number of nitriles is 1. The fourth-order valence-corrected chi connectivity index (χ4v) is 5.38. The van der Waals surface area contributed by atoms with Gasteiger partial charge in [0.1, 0.15) is 0 Å². The van der Waals surface area contributed by atoms with E-state index in [9.17, 15) is 5.26 Å². The molecule has 1 aromatic carbocycles. The number of hydrogen-bond acceptors (Lipinski definition) is 1. The summed E-state index contributed by atoms with van der Waals surface area (Å²) in [5.74, 6) is 2.62. The minimum Gasteiger partial charge on any atom is -0.198 e. The molecule has 1 nitrogen and oxygen atoms in total. The molecule has 4 aliphatic carbocycles. The summed E-state index contributed by atoms with van der Waals surface area (Å²) in [6.07, 6.45) is 6.55. The normalized spacial score (nSPS) is 44.8. The van der Waals surface area contributed by atoms with E-state index in [1.54, 1.807) is 5.56 Å². The monoisotopic (exact) mass is 237 g/mol. The third kappa shape index (κ3) is 1.32. The number of rotatable bonds is 1. The molecule has 18 heavy (non-hydrogen) atoms. The average Bonchev–Trinajstić information content (AvgIpc) is 2.39. The first-order chi connectivity index (χ1) is 8.81. The van der Waals surface area contributed by atoms with Gasteiger partial charge in [-0.05, 0) is 60.8 Å². The summed E-state index contributed by atoms with van der Waals surface area (Å²) >= 11 is 0. The third-order valence-corrected chi connectivity index (χ3v) is 5.81. The molecule has 4 aliphatic rings. The van der Waals surface area contributed by atoms with Crippen molar-refractivity contribution >= 4 is 0 Å². The van der Waals surface area contributed by atoms with Crippen LogP contribution in [0.25, 0.3) is 0 Å². The highest BCUT2D eigenvalue weighted by molar-refractivity contribution is 5.30. The molecule has 0 aromatic heterocycles. The second-order valence-electron chi connectivity index (χ2n) is 6.77. The van der Waals surface area contributed by atoms with Crippen molar-refractivity contribution in [2.75, 3.05) is 0 Å². The lowest BCUT2D eigenvalue weighted by molar-refractivity contribution is -0.0351. The summed E-state index contributed by atoms with van der Waals surface area (Å²) in [7, 11) is 0. The third-order valence-electron chi connectivity index (χ3n) is 5.81. The fourth-order valence-electron chi connectivity index (χ4n) is 5.38. The van der Waals surface area contributed by atoms with Crippen LogP contribution in [0, 0.1) is 35.0 Å². The molecule has 0 N–H and O–H groups in total. The first kappa shape index (κ1) is 10.6. The second kappa shape index (κ2) is 3.60. The summed E-state index contributed by atoms with van der Waals surface area (Å²) in [6.45, 7) is 0. The van der Waals surface area contributed by atoms with Crippen molar-refractivity contribution in [2.24, 2.45) is 23.7 Å². The molecular weight excluding hydrogens is 218 g/mol. The molecule has 0 radical (unpaired) electrons. The minimum absolute atomic E-state index is 0.360. The quantitative estimate of drug-likeness (QED) is 0.726. The van der Waals surface area contributed by atoms with Crippen LogP contribution in [0.5, 0.6) is 0 Å². The van der Waals surface area contributed by atoms with Gasteiger partial charge in [0.05, 0.1) is 12.0 Å². The number of nitrogens with zero attached hydrogens (tertiary/aromatic N) is 1. The molecule has 1 heteroatoms. The lowest BCUT2D eigenvalue weighted by atomic mass is 9.45. The SMILES string of the molecule is N#CC1[C@@H]2CC3C[C@H]1CC(c1ccccc1)(C3)C2. The number of benzene rings is 1. The van der Waals surface area contributed by atoms with Crippen molar-refractivity contribution in [3.05, 3.63) is 35.9 Å². The predicted octanol–water partition coefficient (Wildman–Crippen LogP) is 3.90. The molecule has 0 aliphatic heterocycles. The Labute approximate surface area is 109 Å². The summed E-state index contributed by atoms with van der Waals surface area (Å²) < 4.78 is 0. The summed E-state index contributed by atoms with van der Waals surface area (Å²) in [5, 5.41) is 9.40. The number of hydrogen-bond donors (Lipinski definition) is 0. The second-order valence-corrected chi connectivity index (χ2v) is 6.77. The van der Waals surface area contributed by atoms with Crippen LogP contribution in [0.4, 0.5) is 0 Å². The molecule has 92 valence electrons. The van der Waals surface area contributed by atoms with Crippen molar-refractivity contribution < 1.29 is 0 Å². The van der Waals surface area contributed by atoms with E-state index < -0.39 is 0 Å². The molecule has 4 fully saturated rings. The van der Waals surface area contributed by atoms with Crippen LogP contribution < -0.4 is 0 Å². The Bertz CT molecular complexity index is 482. The van der Waals surface area contributed by atoms with Gasteiger partial charge in [-0.3, -0.25) is 0 Å². The van der Waals surface area contributed by atoms with Crippen LogP contribution >= 0.6 is 0 Å². The zero-order chi connectivity index (χ0) is 12.2. The van der Waals surface area contributed by atoms with Gasteiger partial charge in [-0.15, -0.1) is 0 Å². The van der Waals surface area contributed by atoms with Gasteiger partial charge in [0.15, 0.2) is 0 Å². The maximum atomic E-state index is 9.40. The van der Waals surface area contributed by atoms with E-state index in [1.165, 1.54) is 32.1 Å². The summed E-state index contributed by atoms with van der Waals surface area (Å²) in [6, 6.07) is 13.7. The molecule has 0 saturated heterocycles. The molecule has 0 heterocycles. The Morgan fingerprint density at radius 2 is 1.67 bits per heavy atom. The van der Waals surface area contributed by atoms with E-state index in [-0.39, 0.29) is 0 Å². The van der Waals surface area contributed by atoms with Crippen molar-refractivity contribution in [1.29, 1.82) is 5.26 Å². The van der Waals surface area contributed by atoms with Gasteiger partial charge in [0.2, 0.25) is 0 Å². The highest BCUT2D eigenvalue weighted by Gasteiger charge is 2.55. The van der Waals surface area contributed by atoms with Crippen LogP contribution in [-0.4, -0.2) is 0 Å². The lowest BCUT2D eigenvalue weighted by Crippen LogP contribution is -2.52. The predicted molar refractivity (Wildman–Crippen MR) is 70.8 cm³/mol. The minimum atomic E-state index is 0.360. The fraction of sp³-hybridized carbons (Fsp3) is 0.588. The molecule has 5 atom stereocenters. The molecule has 1 aromatic rings. The Morgan fingerprint density at radius 3 is 2.28 bits per heavy atom. The van der Waals surface area contributed by atoms with Gasteiger partial charge < -0.3 is 0 Å². The maximum Gasteiger partial charge on any atom is 0.0661 e. The summed E-state index contributed by atoms with van der Waals surface area (Å²) in [5.41, 5.74) is 1.96. The van der Waals surface area contributed by atoms with Crippen LogP contribution in [0.1, 0.15) is 37.7 Å². The van der Waals surface area contributed by atoms with E-state index in [0.717, 1.165) is 5.92 Å². The summed E-state index contributed by atoms with van der Waals surface area (Å²) in [4.78, 5) is 0. The van der Waals surface area contributed by atoms with Gasteiger partial charge in [-0.2, -0.15) is 5.26 Å². The van der Waals surface area contributed by atoms with Gasteiger partial charge in [-0.1, -0.05) is 30.3 Å². The molecule has 3 unspecified atom stereocenters. The van der Waals surface area contributed by atoms with E-state index in [1.807, 2.05) is 0 Å². The zero-order valence-electron chi connectivity index (χ0n) is 10.7. The lowest BCUT2D eigenvalue weighted by Gasteiger charge is -2.59. The Morgan fingerprint density at radius 1 is 1.00 bits per heavy atom. The van der Waals surface area contributed by atoms with Crippen molar-refractivity contribution in [1.82, 2.24) is 0 Å². The average molecular weight is 237 g/mol. The Balaban J connectivity index is 1.75. The van der Waals surface area contributed by atoms with Crippen LogP contribution in [0.3, 0.4) is 0 Å². The molecular formula is C17H19N. The van der Waals surface area contributed by atoms with E-state index in [4.69, 9.17) is 0 Å². The molecule has 0 amide bonds. The first-order valence-corrected chi connectivity index (χ1v) is 7.26. The molecule has 4 bridgehead atoms. The van der Waals surface area contributed by atoms with Crippen LogP contribution in [-0.2, 0) is 5.41 Å². The van der Waals surface area contributed by atoms with Crippen molar-refractivity contribution in [3.63, 3.8) is 0 Å². The molecule has 0 spiro atoms. The topological polar surface area (TPSA) is 23.8 Å². The van der Waals surface area contributed by atoms with Gasteiger partial charge in [0, 0.05) is 0 Å². The molecule has 4 saturated carbocycles. The smallest absolute Gasteiger partial charge is 0.0661 e. The highest BCUT2D eigenvalue weighted by Crippen LogP contribution is 2.62. The van der Waals surface area contributed by atoms with E-state index in [0.29, 0.717) is 23.2 Å². The Hall–Kier alpha value is -1.29. The van der Waals surface area contributed by atoms with Gasteiger partial charge in [0.25, 0.3) is 0 Å². The standard InChI is InChI=1S/C17H19N/c18-11-16-13-6-12-7-14(16)10-17(8-12,9-13)15-4-2-1-3-5-15/h1-5,12-14,16H,6-10H2/t12?,13-,14+,16?,17?. The van der Waals surface area contributed by atoms with Crippen molar-refractivity contribution in [3.8, 4) is 6.07 Å². The Kier molecular flexibility index (Phi) is 2.13. The highest BCUT2D eigenvalue weighted by atomic mass is 14.6. The van der Waals surface area contributed by atoms with E-state index in [2.05, 4.69) is 36.4 Å². The largest absolute Gasteiger partial charge is 0.198 e. The zero-order valence-corrected chi connectivity index (χ0v) is 10.7. The van der Waals surface area contributed by atoms with Gasteiger partial charge in [-0.25, -0.2) is 0 Å². The van der Waals surface area contributed by atoms with Crippen molar-refractivity contribution in [2.45, 2.75) is 37.5 Å². The molecule has 5 rings (SSSR count).